The van der Waals surface area contributed by atoms with E-state index in [4.69, 9.17) is 23.2 Å². The SMILES string of the molecule is CC(Cl)CCNC(=O)c1cc(O)ccc1Cl. The highest BCUT2D eigenvalue weighted by atomic mass is 35.5. The molecule has 2 N–H and O–H groups in total. The van der Waals surface area contributed by atoms with E-state index >= 15 is 0 Å². The van der Waals surface area contributed by atoms with Crippen molar-refractivity contribution in [1.29, 1.82) is 0 Å². The van der Waals surface area contributed by atoms with Crippen LogP contribution in [0.1, 0.15) is 23.7 Å². The molecule has 1 unspecified atom stereocenters. The summed E-state index contributed by atoms with van der Waals surface area (Å²) in [6.45, 7) is 2.34. The molecule has 0 heterocycles. The van der Waals surface area contributed by atoms with Gasteiger partial charge in [-0.3, -0.25) is 4.79 Å². The average Bonchev–Trinajstić information content (AvgIpc) is 2.21. The quantitative estimate of drug-likeness (QED) is 0.820. The van der Waals surface area contributed by atoms with Gasteiger partial charge in [0.1, 0.15) is 5.75 Å². The lowest BCUT2D eigenvalue weighted by molar-refractivity contribution is 0.0953. The summed E-state index contributed by atoms with van der Waals surface area (Å²) >= 11 is 11.6. The zero-order valence-corrected chi connectivity index (χ0v) is 10.3. The minimum atomic E-state index is -0.307. The number of alkyl halides is 1. The highest BCUT2D eigenvalue weighted by Gasteiger charge is 2.10. The summed E-state index contributed by atoms with van der Waals surface area (Å²) in [6.07, 6.45) is 0.684. The normalized spacial score (nSPS) is 12.2. The summed E-state index contributed by atoms with van der Waals surface area (Å²) in [5.41, 5.74) is 0.267. The van der Waals surface area contributed by atoms with Gasteiger partial charge in [0.25, 0.3) is 5.91 Å². The van der Waals surface area contributed by atoms with Gasteiger partial charge in [-0.25, -0.2) is 0 Å². The predicted molar refractivity (Wildman–Crippen MR) is 65.4 cm³/mol. The topological polar surface area (TPSA) is 49.3 Å². The Kier molecular flexibility index (Phi) is 4.90. The first kappa shape index (κ1) is 13.1. The molecule has 1 aromatic carbocycles. The Labute approximate surface area is 104 Å². The minimum absolute atomic E-state index is 0.0138. The lowest BCUT2D eigenvalue weighted by Gasteiger charge is -2.07. The summed E-state index contributed by atoms with van der Waals surface area (Å²) in [5, 5.41) is 12.2. The first-order valence-electron chi connectivity index (χ1n) is 4.91. The third-order valence-electron chi connectivity index (χ3n) is 2.02. The largest absolute Gasteiger partial charge is 0.508 e. The van der Waals surface area contributed by atoms with Gasteiger partial charge in [0.05, 0.1) is 10.6 Å². The van der Waals surface area contributed by atoms with Gasteiger partial charge in [0.2, 0.25) is 0 Å². The summed E-state index contributed by atoms with van der Waals surface area (Å²) in [7, 11) is 0. The van der Waals surface area contributed by atoms with Crippen LogP contribution in [0.3, 0.4) is 0 Å². The number of rotatable bonds is 4. The molecule has 0 aliphatic carbocycles. The molecule has 0 spiro atoms. The molecule has 1 aromatic rings. The Bertz CT molecular complexity index is 380. The van der Waals surface area contributed by atoms with Crippen LogP contribution in [-0.2, 0) is 0 Å². The molecule has 0 aliphatic rings. The zero-order valence-electron chi connectivity index (χ0n) is 8.84. The van der Waals surface area contributed by atoms with Crippen molar-refractivity contribution in [3.63, 3.8) is 0 Å². The van der Waals surface area contributed by atoms with Gasteiger partial charge in [0.15, 0.2) is 0 Å². The smallest absolute Gasteiger partial charge is 0.252 e. The molecule has 5 heteroatoms. The van der Waals surface area contributed by atoms with Crippen molar-refractivity contribution >= 4 is 29.1 Å². The fraction of sp³-hybridized carbons (Fsp3) is 0.364. The molecule has 0 fully saturated rings. The van der Waals surface area contributed by atoms with E-state index < -0.39 is 0 Å². The van der Waals surface area contributed by atoms with Crippen LogP contribution in [0.15, 0.2) is 18.2 Å². The molecule has 16 heavy (non-hydrogen) atoms. The number of hydrogen-bond acceptors (Lipinski definition) is 2. The maximum Gasteiger partial charge on any atom is 0.252 e. The molecular formula is C11H13Cl2NO2. The molecule has 1 amide bonds. The highest BCUT2D eigenvalue weighted by Crippen LogP contribution is 2.20. The number of benzene rings is 1. The van der Waals surface area contributed by atoms with E-state index in [0.29, 0.717) is 18.0 Å². The number of phenolic OH excluding ortho intramolecular Hbond substituents is 1. The van der Waals surface area contributed by atoms with Gasteiger partial charge < -0.3 is 10.4 Å². The Morgan fingerprint density at radius 2 is 2.25 bits per heavy atom. The molecule has 0 aromatic heterocycles. The number of phenols is 1. The predicted octanol–water partition coefficient (Wildman–Crippen LogP) is 2.79. The van der Waals surface area contributed by atoms with Crippen molar-refractivity contribution in [2.24, 2.45) is 0 Å². The number of hydrogen-bond donors (Lipinski definition) is 2. The molecule has 0 bridgehead atoms. The third-order valence-corrected chi connectivity index (χ3v) is 2.57. The number of nitrogens with one attached hydrogen (secondary N) is 1. The molecule has 0 saturated heterocycles. The van der Waals surface area contributed by atoms with E-state index in [9.17, 15) is 9.90 Å². The van der Waals surface area contributed by atoms with Gasteiger partial charge in [-0.15, -0.1) is 11.6 Å². The Morgan fingerprint density at radius 3 is 2.88 bits per heavy atom. The lowest BCUT2D eigenvalue weighted by atomic mass is 10.2. The molecule has 88 valence electrons. The van der Waals surface area contributed by atoms with Gasteiger partial charge in [-0.1, -0.05) is 11.6 Å². The molecule has 0 radical (unpaired) electrons. The average molecular weight is 262 g/mol. The number of carbonyl (C=O) groups is 1. The monoisotopic (exact) mass is 261 g/mol. The highest BCUT2D eigenvalue weighted by molar-refractivity contribution is 6.33. The molecule has 1 rings (SSSR count). The van der Waals surface area contributed by atoms with Crippen LogP contribution in [0.5, 0.6) is 5.75 Å². The van der Waals surface area contributed by atoms with Gasteiger partial charge in [-0.05, 0) is 31.5 Å². The number of amides is 1. The fourth-order valence-corrected chi connectivity index (χ4v) is 1.48. The molecule has 0 saturated carbocycles. The maximum atomic E-state index is 11.6. The van der Waals surface area contributed by atoms with E-state index in [1.54, 1.807) is 0 Å². The Hall–Kier alpha value is -0.930. The second kappa shape index (κ2) is 5.97. The van der Waals surface area contributed by atoms with Crippen molar-refractivity contribution in [2.45, 2.75) is 18.7 Å². The van der Waals surface area contributed by atoms with Crippen LogP contribution in [0.25, 0.3) is 0 Å². The molecule has 1 atom stereocenters. The number of carbonyl (C=O) groups excluding carboxylic acids is 1. The zero-order chi connectivity index (χ0) is 12.1. The van der Waals surface area contributed by atoms with Crippen LogP contribution in [0, 0.1) is 0 Å². The number of halogens is 2. The lowest BCUT2D eigenvalue weighted by Crippen LogP contribution is -2.25. The van der Waals surface area contributed by atoms with Crippen LogP contribution in [0.4, 0.5) is 0 Å². The van der Waals surface area contributed by atoms with Crippen LogP contribution in [0.2, 0.25) is 5.02 Å². The van der Waals surface area contributed by atoms with Crippen LogP contribution >= 0.6 is 23.2 Å². The van der Waals surface area contributed by atoms with E-state index in [0.717, 1.165) is 0 Å². The first-order chi connectivity index (χ1) is 7.50. The summed E-state index contributed by atoms with van der Waals surface area (Å²) < 4.78 is 0. The third kappa shape index (κ3) is 3.91. The summed E-state index contributed by atoms with van der Waals surface area (Å²) in [4.78, 5) is 11.6. The number of aromatic hydroxyl groups is 1. The minimum Gasteiger partial charge on any atom is -0.508 e. The second-order valence-corrected chi connectivity index (χ2v) is 4.64. The molecule has 0 aliphatic heterocycles. The van der Waals surface area contributed by atoms with Crippen LogP contribution in [-0.4, -0.2) is 22.9 Å². The second-order valence-electron chi connectivity index (χ2n) is 3.49. The van der Waals surface area contributed by atoms with E-state index in [1.165, 1.54) is 18.2 Å². The van der Waals surface area contributed by atoms with E-state index in [2.05, 4.69) is 5.32 Å². The van der Waals surface area contributed by atoms with E-state index in [1.807, 2.05) is 6.92 Å². The van der Waals surface area contributed by atoms with Crippen molar-refractivity contribution in [3.8, 4) is 5.75 Å². The van der Waals surface area contributed by atoms with Crippen molar-refractivity contribution < 1.29 is 9.90 Å². The Morgan fingerprint density at radius 1 is 1.56 bits per heavy atom. The molecule has 3 nitrogen and oxygen atoms in total. The van der Waals surface area contributed by atoms with Gasteiger partial charge >= 0.3 is 0 Å². The van der Waals surface area contributed by atoms with Gasteiger partial charge in [-0.2, -0.15) is 0 Å². The standard InChI is InChI=1S/C11H13Cl2NO2/c1-7(12)4-5-14-11(16)9-6-8(15)2-3-10(9)13/h2-3,6-7,15H,4-5H2,1H3,(H,14,16). The summed E-state index contributed by atoms with van der Waals surface area (Å²) in [5.74, 6) is -0.293. The maximum absolute atomic E-state index is 11.6. The molecular weight excluding hydrogens is 249 g/mol. The van der Waals surface area contributed by atoms with Gasteiger partial charge in [0, 0.05) is 11.9 Å². The van der Waals surface area contributed by atoms with Crippen molar-refractivity contribution in [1.82, 2.24) is 5.32 Å². The fourth-order valence-electron chi connectivity index (χ4n) is 1.17. The van der Waals surface area contributed by atoms with Crippen LogP contribution < -0.4 is 5.32 Å². The van der Waals surface area contributed by atoms with Crippen molar-refractivity contribution in [3.05, 3.63) is 28.8 Å². The van der Waals surface area contributed by atoms with Crippen molar-refractivity contribution in [2.75, 3.05) is 6.54 Å². The summed E-state index contributed by atoms with van der Waals surface area (Å²) in [6, 6.07) is 4.25. The Balaban J connectivity index is 2.62. The van der Waals surface area contributed by atoms with E-state index in [-0.39, 0.29) is 22.6 Å². The first-order valence-corrected chi connectivity index (χ1v) is 5.73.